The lowest BCUT2D eigenvalue weighted by Gasteiger charge is -2.21. The second-order valence-electron chi connectivity index (χ2n) is 8.36. The number of anilines is 1. The molecule has 37 heavy (non-hydrogen) atoms. The maximum absolute atomic E-state index is 14.2. The van der Waals surface area contributed by atoms with Gasteiger partial charge in [0.15, 0.2) is 0 Å². The van der Waals surface area contributed by atoms with Crippen molar-refractivity contribution in [1.82, 2.24) is 24.5 Å². The summed E-state index contributed by atoms with van der Waals surface area (Å²) in [4.78, 5) is 35.6. The Labute approximate surface area is 213 Å². The SMILES string of the molecule is [C-]#[N+]c1cnc(C)nc1N[C@@H](C)c1nc2cccc(-c3cc(OC)ccn3)c2c(=O)n1-c1ccccc1. The van der Waals surface area contributed by atoms with E-state index in [0.717, 1.165) is 0 Å². The minimum atomic E-state index is -0.467. The molecule has 0 amide bonds. The number of aryl methyl sites for hydroxylation is 1. The molecule has 3 heterocycles. The van der Waals surface area contributed by atoms with E-state index in [0.29, 0.717) is 56.8 Å². The van der Waals surface area contributed by atoms with E-state index >= 15 is 0 Å². The molecule has 5 aromatic rings. The van der Waals surface area contributed by atoms with Crippen molar-refractivity contribution in [2.45, 2.75) is 19.9 Å². The van der Waals surface area contributed by atoms with Gasteiger partial charge in [-0.2, -0.15) is 0 Å². The van der Waals surface area contributed by atoms with Gasteiger partial charge in [-0.05, 0) is 38.1 Å². The zero-order valence-corrected chi connectivity index (χ0v) is 20.5. The van der Waals surface area contributed by atoms with Crippen LogP contribution < -0.4 is 15.6 Å². The molecule has 9 heteroatoms. The summed E-state index contributed by atoms with van der Waals surface area (Å²) in [7, 11) is 1.59. The molecule has 0 radical (unpaired) electrons. The van der Waals surface area contributed by atoms with E-state index in [1.54, 1.807) is 36.9 Å². The number of aromatic nitrogens is 5. The molecule has 182 valence electrons. The largest absolute Gasteiger partial charge is 0.497 e. The van der Waals surface area contributed by atoms with Gasteiger partial charge in [0, 0.05) is 24.0 Å². The van der Waals surface area contributed by atoms with E-state index in [2.05, 4.69) is 25.1 Å². The first kappa shape index (κ1) is 23.6. The Morgan fingerprint density at radius 1 is 1.05 bits per heavy atom. The van der Waals surface area contributed by atoms with Crippen LogP contribution >= 0.6 is 0 Å². The number of hydrogen-bond acceptors (Lipinski definition) is 7. The van der Waals surface area contributed by atoms with Crippen molar-refractivity contribution in [3.8, 4) is 22.7 Å². The van der Waals surface area contributed by atoms with Gasteiger partial charge < -0.3 is 10.1 Å². The highest BCUT2D eigenvalue weighted by molar-refractivity contribution is 5.93. The fourth-order valence-corrected chi connectivity index (χ4v) is 4.18. The summed E-state index contributed by atoms with van der Waals surface area (Å²) in [5, 5.41) is 3.71. The molecular weight excluding hydrogens is 466 g/mol. The molecule has 1 N–H and O–H groups in total. The van der Waals surface area contributed by atoms with Gasteiger partial charge in [0.1, 0.15) is 23.2 Å². The fraction of sp³-hybridized carbons (Fsp3) is 0.143. The summed E-state index contributed by atoms with van der Waals surface area (Å²) in [6.07, 6.45) is 3.13. The lowest BCUT2D eigenvalue weighted by molar-refractivity contribution is 0.414. The monoisotopic (exact) mass is 489 g/mol. The van der Waals surface area contributed by atoms with Crippen LogP contribution in [0.25, 0.3) is 32.7 Å². The second kappa shape index (κ2) is 9.87. The highest BCUT2D eigenvalue weighted by Crippen LogP contribution is 2.30. The van der Waals surface area contributed by atoms with Crippen LogP contribution in [0.15, 0.2) is 77.9 Å². The lowest BCUT2D eigenvalue weighted by atomic mass is 10.0. The van der Waals surface area contributed by atoms with Crippen LogP contribution in [-0.2, 0) is 0 Å². The zero-order valence-electron chi connectivity index (χ0n) is 20.5. The highest BCUT2D eigenvalue weighted by atomic mass is 16.5. The number of benzene rings is 2. The molecule has 1 atom stereocenters. The van der Waals surface area contributed by atoms with Gasteiger partial charge >= 0.3 is 0 Å². The number of hydrogen-bond donors (Lipinski definition) is 1. The summed E-state index contributed by atoms with van der Waals surface area (Å²) in [5.74, 6) is 2.04. The molecule has 0 fully saturated rings. The number of nitrogens with one attached hydrogen (secondary N) is 1. The highest BCUT2D eigenvalue weighted by Gasteiger charge is 2.21. The number of methoxy groups -OCH3 is 1. The van der Waals surface area contributed by atoms with Crippen LogP contribution in [-0.4, -0.2) is 31.6 Å². The van der Waals surface area contributed by atoms with Crippen molar-refractivity contribution < 1.29 is 4.74 Å². The minimum absolute atomic E-state index is 0.232. The van der Waals surface area contributed by atoms with Crippen LogP contribution in [0.4, 0.5) is 11.5 Å². The van der Waals surface area contributed by atoms with Crippen LogP contribution in [0, 0.1) is 13.5 Å². The smallest absolute Gasteiger partial charge is 0.266 e. The van der Waals surface area contributed by atoms with E-state index in [1.165, 1.54) is 6.20 Å². The van der Waals surface area contributed by atoms with Crippen LogP contribution in [0.1, 0.15) is 24.6 Å². The Bertz CT molecular complexity index is 1710. The van der Waals surface area contributed by atoms with Crippen LogP contribution in [0.3, 0.4) is 0 Å². The summed E-state index contributed by atoms with van der Waals surface area (Å²) in [5.41, 5.74) is 2.53. The molecular formula is C28H23N7O2. The third-order valence-electron chi connectivity index (χ3n) is 5.93. The van der Waals surface area contributed by atoms with Crippen molar-refractivity contribution in [2.24, 2.45) is 0 Å². The third-order valence-corrected chi connectivity index (χ3v) is 5.93. The minimum Gasteiger partial charge on any atom is -0.497 e. The third kappa shape index (κ3) is 4.48. The average Bonchev–Trinajstić information content (AvgIpc) is 2.93. The molecule has 0 aliphatic rings. The summed E-state index contributed by atoms with van der Waals surface area (Å²) < 4.78 is 6.96. The molecule has 0 spiro atoms. The molecule has 5 rings (SSSR count). The Hall–Kier alpha value is -5.10. The van der Waals surface area contributed by atoms with Crippen LogP contribution in [0.5, 0.6) is 5.75 Å². The summed E-state index contributed by atoms with van der Waals surface area (Å²) in [6, 6.07) is 17.9. The molecule has 0 aliphatic carbocycles. The number of ether oxygens (including phenoxy) is 1. The Balaban J connectivity index is 1.74. The van der Waals surface area contributed by atoms with Crippen molar-refractivity contribution in [3.05, 3.63) is 106 Å². The fourth-order valence-electron chi connectivity index (χ4n) is 4.18. The molecule has 0 bridgehead atoms. The quantitative estimate of drug-likeness (QED) is 0.324. The number of para-hydroxylation sites is 1. The lowest BCUT2D eigenvalue weighted by Crippen LogP contribution is -2.27. The molecule has 3 aromatic heterocycles. The van der Waals surface area contributed by atoms with E-state index < -0.39 is 6.04 Å². The predicted octanol–water partition coefficient (Wildman–Crippen LogP) is 5.28. The average molecular weight is 490 g/mol. The van der Waals surface area contributed by atoms with Crippen molar-refractivity contribution in [3.63, 3.8) is 0 Å². The predicted molar refractivity (Wildman–Crippen MR) is 142 cm³/mol. The number of fused-ring (bicyclic) bond motifs is 1. The van der Waals surface area contributed by atoms with Crippen molar-refractivity contribution in [2.75, 3.05) is 12.4 Å². The number of nitrogens with zero attached hydrogens (tertiary/aromatic N) is 6. The van der Waals surface area contributed by atoms with Gasteiger partial charge in [0.25, 0.3) is 5.56 Å². The molecule has 9 nitrogen and oxygen atoms in total. The molecule has 0 aliphatic heterocycles. The zero-order chi connectivity index (χ0) is 25.9. The first-order valence-corrected chi connectivity index (χ1v) is 11.6. The first-order chi connectivity index (χ1) is 18.0. The van der Waals surface area contributed by atoms with E-state index in [9.17, 15) is 4.79 Å². The van der Waals surface area contributed by atoms with Crippen molar-refractivity contribution >= 4 is 22.4 Å². The van der Waals surface area contributed by atoms with Gasteiger partial charge in [-0.1, -0.05) is 30.3 Å². The Morgan fingerprint density at radius 2 is 1.86 bits per heavy atom. The van der Waals surface area contributed by atoms with E-state index in [4.69, 9.17) is 16.3 Å². The maximum Gasteiger partial charge on any atom is 0.266 e. The van der Waals surface area contributed by atoms with Gasteiger partial charge in [-0.25, -0.2) is 14.8 Å². The molecule has 0 unspecified atom stereocenters. The first-order valence-electron chi connectivity index (χ1n) is 11.6. The molecule has 0 saturated heterocycles. The van der Waals surface area contributed by atoms with Gasteiger partial charge in [0.2, 0.25) is 5.69 Å². The van der Waals surface area contributed by atoms with E-state index in [-0.39, 0.29) is 5.56 Å². The summed E-state index contributed by atoms with van der Waals surface area (Å²) >= 11 is 0. The standard InChI is InChI=1S/C28H23N7O2/c1-17(32-26-24(29-3)16-31-18(2)33-26)27-34-22-12-8-11-21(23-15-20(37-4)13-14-30-23)25(22)28(36)35(27)19-9-6-5-7-10-19/h5-17H,1-2,4H3,(H,31,32,33)/t17-/m0/s1. The van der Waals surface area contributed by atoms with Crippen molar-refractivity contribution in [1.29, 1.82) is 0 Å². The van der Waals surface area contributed by atoms with E-state index in [1.807, 2.05) is 55.5 Å². The Morgan fingerprint density at radius 3 is 2.62 bits per heavy atom. The molecule has 2 aromatic carbocycles. The topological polar surface area (TPSA) is 99.2 Å². The van der Waals surface area contributed by atoms with Gasteiger partial charge in [0.05, 0.1) is 42.0 Å². The number of pyridine rings is 1. The number of rotatable bonds is 6. The Kier molecular flexibility index (Phi) is 6.31. The van der Waals surface area contributed by atoms with Gasteiger partial charge in [-0.3, -0.25) is 19.3 Å². The maximum atomic E-state index is 14.2. The van der Waals surface area contributed by atoms with Crippen LogP contribution in [0.2, 0.25) is 0 Å². The normalized spacial score (nSPS) is 11.6. The second-order valence-corrected chi connectivity index (χ2v) is 8.36. The molecule has 0 saturated carbocycles. The van der Waals surface area contributed by atoms with Gasteiger partial charge in [-0.15, -0.1) is 0 Å². The summed E-state index contributed by atoms with van der Waals surface area (Å²) in [6.45, 7) is 11.1.